The van der Waals surface area contributed by atoms with Gasteiger partial charge in [0.25, 0.3) is 0 Å². The van der Waals surface area contributed by atoms with E-state index in [-0.39, 0.29) is 11.8 Å². The summed E-state index contributed by atoms with van der Waals surface area (Å²) >= 11 is 0. The van der Waals surface area contributed by atoms with E-state index in [2.05, 4.69) is 33.3 Å². The molecule has 0 bridgehead atoms. The fourth-order valence-corrected chi connectivity index (χ4v) is 2.64. The Labute approximate surface area is 151 Å². The van der Waals surface area contributed by atoms with Gasteiger partial charge in [-0.1, -0.05) is 37.3 Å². The first kappa shape index (κ1) is 17.8. The van der Waals surface area contributed by atoms with Crippen LogP contribution in [0, 0.1) is 5.82 Å². The molecule has 1 heterocycles. The van der Waals surface area contributed by atoms with Gasteiger partial charge >= 0.3 is 0 Å². The van der Waals surface area contributed by atoms with E-state index in [1.165, 1.54) is 17.7 Å². The maximum Gasteiger partial charge on any atom is 0.232 e. The predicted octanol–water partition coefficient (Wildman–Crippen LogP) is 2.16. The molecule has 0 unspecified atom stereocenters. The van der Waals surface area contributed by atoms with Gasteiger partial charge < -0.3 is 16.4 Å². The van der Waals surface area contributed by atoms with Crippen LogP contribution in [0.2, 0.25) is 0 Å². The van der Waals surface area contributed by atoms with Crippen LogP contribution < -0.4 is 16.4 Å². The van der Waals surface area contributed by atoms with E-state index in [0.717, 1.165) is 17.7 Å². The number of aryl methyl sites for hydroxylation is 1. The summed E-state index contributed by atoms with van der Waals surface area (Å²) in [4.78, 5) is 12.8. The minimum absolute atomic E-state index is 0.182. The second kappa shape index (κ2) is 8.35. The van der Waals surface area contributed by atoms with E-state index in [1.807, 2.05) is 23.5 Å². The molecular weight excluding hydrogens is 331 g/mol. The second-order valence-corrected chi connectivity index (χ2v) is 5.89. The minimum atomic E-state index is -0.234. The molecule has 0 radical (unpaired) electrons. The lowest BCUT2D eigenvalue weighted by Gasteiger charge is -2.10. The number of aromatic nitrogens is 3. The Morgan fingerprint density at radius 3 is 2.54 bits per heavy atom. The quantitative estimate of drug-likeness (QED) is 0.605. The second-order valence-electron chi connectivity index (χ2n) is 5.89. The molecule has 3 rings (SSSR count). The van der Waals surface area contributed by atoms with Crippen LogP contribution in [0.5, 0.6) is 0 Å². The Hall–Kier alpha value is -3.06. The highest BCUT2D eigenvalue weighted by atomic mass is 19.1. The number of nitrogens with zero attached hydrogens (tertiary/aromatic N) is 3. The van der Waals surface area contributed by atoms with E-state index in [0.29, 0.717) is 24.9 Å². The van der Waals surface area contributed by atoms with Crippen molar-refractivity contribution in [2.24, 2.45) is 0 Å². The largest absolute Gasteiger partial charge is 0.368 e. The van der Waals surface area contributed by atoms with Crippen molar-refractivity contribution < 1.29 is 9.71 Å². The number of nitrogen functional groups attached to an aromatic ring is 1. The molecule has 0 fully saturated rings. The normalized spacial score (nSPS) is 10.7. The number of hydrogen-bond acceptors (Lipinski definition) is 5. The monoisotopic (exact) mass is 353 g/mol. The number of anilines is 3. The number of para-hydroxylation sites is 1. The van der Waals surface area contributed by atoms with Gasteiger partial charge in [-0.05, 0) is 30.2 Å². The lowest BCUT2D eigenvalue weighted by atomic mass is 10.1. The molecule has 5 N–H and O–H groups in total. The van der Waals surface area contributed by atoms with Gasteiger partial charge in [-0.25, -0.2) is 4.39 Å². The molecule has 134 valence electrons. The molecule has 0 saturated carbocycles. The van der Waals surface area contributed by atoms with Gasteiger partial charge in [0.1, 0.15) is 18.9 Å². The van der Waals surface area contributed by atoms with Crippen molar-refractivity contribution in [1.82, 2.24) is 15.0 Å². The number of nitrogens with two attached hydrogens (primary N) is 2. The van der Waals surface area contributed by atoms with Crippen molar-refractivity contribution in [2.75, 3.05) is 11.1 Å². The molecule has 7 heteroatoms. The lowest BCUT2D eigenvalue weighted by Crippen LogP contribution is -2.81. The SMILES string of the molecule is CCc1ccccc1Nc1nc(N)nc(C[NH2+]Cc2ccc(F)cc2)n1. The summed E-state index contributed by atoms with van der Waals surface area (Å²) in [6.45, 7) is 3.35. The topological polar surface area (TPSA) is 93.3 Å². The van der Waals surface area contributed by atoms with Crippen LogP contribution in [0.25, 0.3) is 0 Å². The van der Waals surface area contributed by atoms with Crippen LogP contribution in [0.4, 0.5) is 22.0 Å². The standard InChI is InChI=1S/C19H21FN6/c1-2-14-5-3-4-6-16(14)23-19-25-17(24-18(21)26-19)12-22-11-13-7-9-15(20)10-8-13/h3-10,22H,2,11-12H2,1H3,(H3,21,23,24,25,26)/p+1. The summed E-state index contributed by atoms with van der Waals surface area (Å²) in [7, 11) is 0. The molecule has 0 aliphatic rings. The summed E-state index contributed by atoms with van der Waals surface area (Å²) in [5, 5.41) is 5.25. The van der Waals surface area contributed by atoms with Crippen molar-refractivity contribution in [2.45, 2.75) is 26.4 Å². The molecule has 0 atom stereocenters. The van der Waals surface area contributed by atoms with E-state index >= 15 is 0 Å². The molecule has 0 amide bonds. The van der Waals surface area contributed by atoms with Crippen molar-refractivity contribution in [1.29, 1.82) is 0 Å². The zero-order chi connectivity index (χ0) is 18.4. The number of nitrogens with one attached hydrogen (secondary N) is 1. The van der Waals surface area contributed by atoms with E-state index in [4.69, 9.17) is 5.73 Å². The fourth-order valence-electron chi connectivity index (χ4n) is 2.64. The van der Waals surface area contributed by atoms with Crippen molar-refractivity contribution in [3.05, 3.63) is 71.3 Å². The third-order valence-corrected chi connectivity index (χ3v) is 3.96. The average Bonchev–Trinajstić information content (AvgIpc) is 2.63. The highest BCUT2D eigenvalue weighted by molar-refractivity contribution is 5.58. The number of quaternary nitrogens is 1. The van der Waals surface area contributed by atoms with Gasteiger partial charge in [-0.3, -0.25) is 0 Å². The first-order valence-electron chi connectivity index (χ1n) is 8.55. The van der Waals surface area contributed by atoms with Crippen molar-refractivity contribution in [3.8, 4) is 0 Å². The maximum atomic E-state index is 12.9. The maximum absolute atomic E-state index is 12.9. The predicted molar refractivity (Wildman–Crippen MR) is 99.1 cm³/mol. The van der Waals surface area contributed by atoms with Crippen molar-refractivity contribution in [3.63, 3.8) is 0 Å². The highest BCUT2D eigenvalue weighted by Gasteiger charge is 2.08. The average molecular weight is 353 g/mol. The summed E-state index contributed by atoms with van der Waals surface area (Å²) in [5.74, 6) is 0.975. The summed E-state index contributed by atoms with van der Waals surface area (Å²) in [5.41, 5.74) is 8.99. The molecule has 6 nitrogen and oxygen atoms in total. The van der Waals surface area contributed by atoms with Crippen LogP contribution in [-0.2, 0) is 19.5 Å². The molecule has 1 aromatic heterocycles. The van der Waals surface area contributed by atoms with Crippen LogP contribution >= 0.6 is 0 Å². The van der Waals surface area contributed by atoms with Crippen LogP contribution in [0.15, 0.2) is 48.5 Å². The molecule has 0 aliphatic carbocycles. The van der Waals surface area contributed by atoms with Crippen LogP contribution in [-0.4, -0.2) is 15.0 Å². The van der Waals surface area contributed by atoms with Gasteiger partial charge in [0.2, 0.25) is 11.9 Å². The first-order chi connectivity index (χ1) is 12.6. The van der Waals surface area contributed by atoms with E-state index < -0.39 is 0 Å². The Balaban J connectivity index is 1.66. The Morgan fingerprint density at radius 1 is 1.00 bits per heavy atom. The molecule has 2 aromatic carbocycles. The Morgan fingerprint density at radius 2 is 1.77 bits per heavy atom. The van der Waals surface area contributed by atoms with Crippen molar-refractivity contribution >= 4 is 17.6 Å². The molecule has 0 spiro atoms. The van der Waals surface area contributed by atoms with Gasteiger partial charge in [-0.15, -0.1) is 0 Å². The Bertz CT molecular complexity index is 866. The molecule has 3 aromatic rings. The van der Waals surface area contributed by atoms with E-state index in [1.54, 1.807) is 12.1 Å². The summed E-state index contributed by atoms with van der Waals surface area (Å²) in [6.07, 6.45) is 0.905. The van der Waals surface area contributed by atoms with Crippen LogP contribution in [0.1, 0.15) is 23.9 Å². The first-order valence-corrected chi connectivity index (χ1v) is 8.55. The number of hydrogen-bond donors (Lipinski definition) is 3. The Kier molecular flexibility index (Phi) is 5.70. The molecule has 26 heavy (non-hydrogen) atoms. The summed E-state index contributed by atoms with van der Waals surface area (Å²) in [6, 6.07) is 14.5. The smallest absolute Gasteiger partial charge is 0.232 e. The fraction of sp³-hybridized carbons (Fsp3) is 0.211. The lowest BCUT2D eigenvalue weighted by molar-refractivity contribution is -0.687. The molecular formula is C19H22FN6+. The van der Waals surface area contributed by atoms with Gasteiger partial charge in [0.05, 0.1) is 0 Å². The third-order valence-electron chi connectivity index (χ3n) is 3.96. The number of rotatable bonds is 7. The molecule has 0 saturated heterocycles. The molecule has 0 aliphatic heterocycles. The van der Waals surface area contributed by atoms with Gasteiger partial charge in [0, 0.05) is 11.3 Å². The van der Waals surface area contributed by atoms with E-state index in [9.17, 15) is 4.39 Å². The number of halogens is 1. The van der Waals surface area contributed by atoms with Gasteiger partial charge in [0.15, 0.2) is 5.82 Å². The minimum Gasteiger partial charge on any atom is -0.368 e. The zero-order valence-corrected chi connectivity index (χ0v) is 14.6. The summed E-state index contributed by atoms with van der Waals surface area (Å²) < 4.78 is 12.9. The van der Waals surface area contributed by atoms with Gasteiger partial charge in [-0.2, -0.15) is 15.0 Å². The van der Waals surface area contributed by atoms with Crippen LogP contribution in [0.3, 0.4) is 0 Å². The highest BCUT2D eigenvalue weighted by Crippen LogP contribution is 2.19. The zero-order valence-electron chi connectivity index (χ0n) is 14.6. The number of benzene rings is 2. The third kappa shape index (κ3) is 4.73.